The van der Waals surface area contributed by atoms with Crippen LogP contribution in [0.15, 0.2) is 67.1 Å². The van der Waals surface area contributed by atoms with Crippen molar-refractivity contribution in [1.82, 2.24) is 34.3 Å². The fourth-order valence-electron chi connectivity index (χ4n) is 3.35. The maximum atomic E-state index is 13.0. The van der Waals surface area contributed by atoms with Crippen LogP contribution in [0.2, 0.25) is 0 Å². The third kappa shape index (κ3) is 4.10. The van der Waals surface area contributed by atoms with Crippen molar-refractivity contribution in [3.05, 3.63) is 78.8 Å². The number of benzene rings is 1. The van der Waals surface area contributed by atoms with E-state index >= 15 is 0 Å². The number of nitrogens with one attached hydrogen (secondary N) is 2. The van der Waals surface area contributed by atoms with Gasteiger partial charge in [-0.2, -0.15) is 5.10 Å². The number of hydrogen-bond acceptors (Lipinski definition) is 7. The minimum absolute atomic E-state index is 0.252. The van der Waals surface area contributed by atoms with Crippen LogP contribution in [0.3, 0.4) is 0 Å². The molecule has 0 radical (unpaired) electrons. The largest absolute Gasteiger partial charge is 0.385 e. The Hall–Kier alpha value is -4.34. The number of halogens is 1. The van der Waals surface area contributed by atoms with E-state index in [2.05, 4.69) is 35.9 Å². The number of fused-ring (bicyclic) bond motifs is 1. The highest BCUT2D eigenvalue weighted by atomic mass is 19.1. The van der Waals surface area contributed by atoms with Gasteiger partial charge in [0, 0.05) is 49.7 Å². The van der Waals surface area contributed by atoms with Gasteiger partial charge in [-0.25, -0.2) is 14.4 Å². The summed E-state index contributed by atoms with van der Waals surface area (Å²) in [7, 11) is 1.85. The number of pyridine rings is 1. The van der Waals surface area contributed by atoms with Gasteiger partial charge in [-0.3, -0.25) is 9.08 Å². The second kappa shape index (κ2) is 8.42. The van der Waals surface area contributed by atoms with Crippen molar-refractivity contribution in [3.8, 4) is 11.3 Å². The number of aromatic nitrogens is 7. The van der Waals surface area contributed by atoms with Crippen LogP contribution in [0.1, 0.15) is 5.82 Å². The Balaban J connectivity index is 1.31. The molecule has 0 fully saturated rings. The molecule has 0 aliphatic heterocycles. The van der Waals surface area contributed by atoms with Gasteiger partial charge in [-0.1, -0.05) is 0 Å². The minimum atomic E-state index is -0.252. The standard InChI is InChI=1S/C22H20FN9/c1-31-19(8-12-26-31)28-22-25-10-6-18(27-22)15-9-13-32-20(29-30-21(32)14-15)7-11-24-17-4-2-16(23)3-5-17/h2-6,8-10,12-14,24H,7,11H2,1H3,(H,25,27,28). The molecule has 0 unspecified atom stereocenters. The Labute approximate surface area is 183 Å². The molecule has 0 spiro atoms. The Morgan fingerprint density at radius 1 is 1.00 bits per heavy atom. The van der Waals surface area contributed by atoms with Crippen molar-refractivity contribution in [2.75, 3.05) is 17.2 Å². The normalized spacial score (nSPS) is 11.1. The molecule has 0 saturated heterocycles. The highest BCUT2D eigenvalue weighted by Gasteiger charge is 2.09. The Morgan fingerprint density at radius 2 is 1.88 bits per heavy atom. The zero-order valence-corrected chi connectivity index (χ0v) is 17.3. The molecule has 9 nitrogen and oxygen atoms in total. The van der Waals surface area contributed by atoms with Gasteiger partial charge in [0.05, 0.1) is 11.9 Å². The third-order valence-electron chi connectivity index (χ3n) is 5.01. The average molecular weight is 429 g/mol. The summed E-state index contributed by atoms with van der Waals surface area (Å²) in [4.78, 5) is 8.89. The average Bonchev–Trinajstić information content (AvgIpc) is 3.41. The van der Waals surface area contributed by atoms with E-state index in [0.717, 1.165) is 34.2 Å². The molecule has 32 heavy (non-hydrogen) atoms. The molecule has 10 heteroatoms. The first-order valence-electron chi connectivity index (χ1n) is 10.1. The third-order valence-corrected chi connectivity index (χ3v) is 5.01. The predicted octanol–water partition coefficient (Wildman–Crippen LogP) is 3.46. The summed E-state index contributed by atoms with van der Waals surface area (Å²) in [6, 6.07) is 13.9. The molecule has 4 heterocycles. The molecule has 0 atom stereocenters. The van der Waals surface area contributed by atoms with Gasteiger partial charge in [0.2, 0.25) is 5.95 Å². The van der Waals surface area contributed by atoms with E-state index in [1.807, 2.05) is 41.9 Å². The van der Waals surface area contributed by atoms with Crippen LogP contribution in [-0.2, 0) is 13.5 Å². The van der Waals surface area contributed by atoms with E-state index in [-0.39, 0.29) is 5.82 Å². The van der Waals surface area contributed by atoms with Crippen LogP contribution in [0.4, 0.5) is 21.8 Å². The molecule has 5 aromatic rings. The lowest BCUT2D eigenvalue weighted by molar-refractivity contribution is 0.628. The van der Waals surface area contributed by atoms with Gasteiger partial charge >= 0.3 is 0 Å². The quantitative estimate of drug-likeness (QED) is 0.409. The first-order valence-corrected chi connectivity index (χ1v) is 10.1. The van der Waals surface area contributed by atoms with Crippen molar-refractivity contribution in [2.24, 2.45) is 7.05 Å². The van der Waals surface area contributed by atoms with Gasteiger partial charge in [0.25, 0.3) is 0 Å². The molecule has 160 valence electrons. The van der Waals surface area contributed by atoms with Crippen LogP contribution in [0, 0.1) is 5.82 Å². The fourth-order valence-corrected chi connectivity index (χ4v) is 3.35. The number of aryl methyl sites for hydroxylation is 1. The second-order valence-electron chi connectivity index (χ2n) is 7.17. The molecular weight excluding hydrogens is 409 g/mol. The zero-order chi connectivity index (χ0) is 21.9. The van der Waals surface area contributed by atoms with Crippen molar-refractivity contribution < 1.29 is 4.39 Å². The smallest absolute Gasteiger partial charge is 0.228 e. The van der Waals surface area contributed by atoms with Gasteiger partial charge in [0.15, 0.2) is 5.65 Å². The van der Waals surface area contributed by atoms with Crippen molar-refractivity contribution in [1.29, 1.82) is 0 Å². The summed E-state index contributed by atoms with van der Waals surface area (Å²) in [6.45, 7) is 0.656. The second-order valence-corrected chi connectivity index (χ2v) is 7.17. The molecule has 2 N–H and O–H groups in total. The first-order chi connectivity index (χ1) is 15.7. The summed E-state index contributed by atoms with van der Waals surface area (Å²) in [5.41, 5.74) is 3.28. The van der Waals surface area contributed by atoms with Gasteiger partial charge in [-0.05, 0) is 42.5 Å². The highest BCUT2D eigenvalue weighted by Crippen LogP contribution is 2.21. The van der Waals surface area contributed by atoms with E-state index in [1.165, 1.54) is 12.1 Å². The summed E-state index contributed by atoms with van der Waals surface area (Å²) in [6.07, 6.45) is 6.03. The Kier molecular flexibility index (Phi) is 5.16. The highest BCUT2D eigenvalue weighted by molar-refractivity contribution is 5.65. The summed E-state index contributed by atoms with van der Waals surface area (Å²) in [5, 5.41) is 19.2. The van der Waals surface area contributed by atoms with Gasteiger partial charge in [-0.15, -0.1) is 10.2 Å². The lowest BCUT2D eigenvalue weighted by Gasteiger charge is -2.07. The monoisotopic (exact) mass is 429 g/mol. The predicted molar refractivity (Wildman–Crippen MR) is 119 cm³/mol. The molecular formula is C22H20FN9. The lowest BCUT2D eigenvalue weighted by atomic mass is 10.2. The minimum Gasteiger partial charge on any atom is -0.385 e. The fraction of sp³-hybridized carbons (Fsp3) is 0.136. The molecule has 4 aromatic heterocycles. The maximum Gasteiger partial charge on any atom is 0.228 e. The Bertz CT molecular complexity index is 1360. The summed E-state index contributed by atoms with van der Waals surface area (Å²) < 4.78 is 16.7. The van der Waals surface area contributed by atoms with Crippen LogP contribution in [-0.4, -0.2) is 40.9 Å². The SMILES string of the molecule is Cn1nccc1Nc1nccc(-c2ccn3c(CCNc4ccc(F)cc4)nnc3c2)n1. The van der Waals surface area contributed by atoms with Crippen molar-refractivity contribution in [3.63, 3.8) is 0 Å². The number of hydrogen-bond donors (Lipinski definition) is 2. The van der Waals surface area contributed by atoms with E-state index in [1.54, 1.807) is 29.2 Å². The molecule has 0 aliphatic carbocycles. The first kappa shape index (κ1) is 19.6. The van der Waals surface area contributed by atoms with Crippen molar-refractivity contribution in [2.45, 2.75) is 6.42 Å². The van der Waals surface area contributed by atoms with E-state index in [9.17, 15) is 4.39 Å². The summed E-state index contributed by atoms with van der Waals surface area (Å²) in [5.74, 6) is 1.87. The molecule has 5 rings (SSSR count). The maximum absolute atomic E-state index is 13.0. The lowest BCUT2D eigenvalue weighted by Crippen LogP contribution is -2.07. The zero-order valence-electron chi connectivity index (χ0n) is 17.3. The Morgan fingerprint density at radius 3 is 2.69 bits per heavy atom. The van der Waals surface area contributed by atoms with Crippen LogP contribution in [0.5, 0.6) is 0 Å². The van der Waals surface area contributed by atoms with E-state index in [4.69, 9.17) is 0 Å². The van der Waals surface area contributed by atoms with Crippen LogP contribution < -0.4 is 10.6 Å². The van der Waals surface area contributed by atoms with E-state index in [0.29, 0.717) is 18.9 Å². The molecule has 0 bridgehead atoms. The van der Waals surface area contributed by atoms with Gasteiger partial charge in [0.1, 0.15) is 17.5 Å². The van der Waals surface area contributed by atoms with Crippen LogP contribution >= 0.6 is 0 Å². The number of anilines is 3. The molecule has 0 saturated carbocycles. The molecule has 0 amide bonds. The van der Waals surface area contributed by atoms with Crippen LogP contribution in [0.25, 0.3) is 16.9 Å². The number of rotatable bonds is 7. The number of nitrogens with zero attached hydrogens (tertiary/aromatic N) is 7. The van der Waals surface area contributed by atoms with Crippen molar-refractivity contribution >= 4 is 23.1 Å². The van der Waals surface area contributed by atoms with E-state index < -0.39 is 0 Å². The molecule has 1 aromatic carbocycles. The van der Waals surface area contributed by atoms with Gasteiger partial charge < -0.3 is 10.6 Å². The molecule has 0 aliphatic rings. The topological polar surface area (TPSA) is 97.9 Å². The summed E-state index contributed by atoms with van der Waals surface area (Å²) >= 11 is 0.